The van der Waals surface area contributed by atoms with Gasteiger partial charge < -0.3 is 24.3 Å². The molecule has 3 rings (SSSR count). The predicted octanol–water partition coefficient (Wildman–Crippen LogP) is 3.40. The number of amides is 1. The van der Waals surface area contributed by atoms with Gasteiger partial charge in [-0.15, -0.1) is 0 Å². The van der Waals surface area contributed by atoms with Crippen molar-refractivity contribution in [2.45, 2.75) is 26.0 Å². The van der Waals surface area contributed by atoms with Gasteiger partial charge in [0.05, 0.1) is 20.3 Å². The predicted molar refractivity (Wildman–Crippen MR) is 107 cm³/mol. The Balaban J connectivity index is 1.62. The monoisotopic (exact) mass is 397 g/mol. The maximum absolute atomic E-state index is 12.4. The van der Waals surface area contributed by atoms with Crippen molar-refractivity contribution in [3.63, 3.8) is 0 Å². The van der Waals surface area contributed by atoms with Gasteiger partial charge in [0.1, 0.15) is 11.3 Å². The minimum atomic E-state index is -1.19. The molecule has 1 unspecified atom stereocenters. The molecule has 0 bridgehead atoms. The van der Waals surface area contributed by atoms with Crippen LogP contribution in [0, 0.1) is 0 Å². The first-order valence-electron chi connectivity index (χ1n) is 9.27. The van der Waals surface area contributed by atoms with Crippen LogP contribution in [-0.2, 0) is 22.6 Å². The maximum atomic E-state index is 12.4. The number of hydrogen-bond donors (Lipinski definition) is 2. The molecule has 29 heavy (non-hydrogen) atoms. The molecule has 1 amide bonds. The molecule has 7 nitrogen and oxygen atoms in total. The highest BCUT2D eigenvalue weighted by Gasteiger charge is 2.23. The molecule has 152 valence electrons. The number of carbonyl (C=O) groups excluding carboxylic acids is 1. The first-order valence-corrected chi connectivity index (χ1v) is 9.27. The van der Waals surface area contributed by atoms with Crippen molar-refractivity contribution in [3.8, 4) is 5.75 Å². The molecule has 7 heteroatoms. The van der Waals surface area contributed by atoms with Crippen LogP contribution in [0.2, 0.25) is 0 Å². The van der Waals surface area contributed by atoms with E-state index in [4.69, 9.17) is 13.9 Å². The summed E-state index contributed by atoms with van der Waals surface area (Å²) >= 11 is 0. The van der Waals surface area contributed by atoms with E-state index in [1.54, 1.807) is 31.4 Å². The molecule has 0 fully saturated rings. The van der Waals surface area contributed by atoms with Crippen LogP contribution < -0.4 is 10.1 Å². The fraction of sp³-hybridized carbons (Fsp3) is 0.273. The maximum Gasteiger partial charge on any atom is 0.328 e. The van der Waals surface area contributed by atoms with Gasteiger partial charge in [0.2, 0.25) is 0 Å². The number of ether oxygens (including phenoxy) is 2. The first-order chi connectivity index (χ1) is 14.0. The van der Waals surface area contributed by atoms with E-state index in [2.05, 4.69) is 12.2 Å². The summed E-state index contributed by atoms with van der Waals surface area (Å²) < 4.78 is 16.2. The van der Waals surface area contributed by atoms with Crippen LogP contribution in [0.5, 0.6) is 5.75 Å². The molecule has 1 aromatic heterocycles. The van der Waals surface area contributed by atoms with E-state index < -0.39 is 17.9 Å². The third-order valence-corrected chi connectivity index (χ3v) is 4.50. The fourth-order valence-corrected chi connectivity index (χ4v) is 2.90. The second-order valence-corrected chi connectivity index (χ2v) is 6.57. The Kier molecular flexibility index (Phi) is 6.51. The second-order valence-electron chi connectivity index (χ2n) is 6.57. The number of nitrogens with one attached hydrogen (secondary N) is 1. The zero-order chi connectivity index (χ0) is 20.8. The summed E-state index contributed by atoms with van der Waals surface area (Å²) in [6.45, 7) is 2.16. The molecule has 0 radical (unpaired) electrons. The van der Waals surface area contributed by atoms with Gasteiger partial charge in [-0.2, -0.15) is 0 Å². The van der Waals surface area contributed by atoms with E-state index in [9.17, 15) is 14.7 Å². The van der Waals surface area contributed by atoms with Crippen LogP contribution in [-0.4, -0.2) is 36.7 Å². The van der Waals surface area contributed by atoms with Gasteiger partial charge in [-0.25, -0.2) is 4.79 Å². The van der Waals surface area contributed by atoms with Gasteiger partial charge in [-0.3, -0.25) is 4.79 Å². The highest BCUT2D eigenvalue weighted by Crippen LogP contribution is 2.24. The fourth-order valence-electron chi connectivity index (χ4n) is 2.90. The van der Waals surface area contributed by atoms with Gasteiger partial charge in [-0.05, 0) is 41.8 Å². The normalized spacial score (nSPS) is 11.9. The van der Waals surface area contributed by atoms with Crippen molar-refractivity contribution < 1.29 is 28.6 Å². The summed E-state index contributed by atoms with van der Waals surface area (Å²) in [4.78, 5) is 24.0. The van der Waals surface area contributed by atoms with Crippen molar-refractivity contribution in [1.29, 1.82) is 0 Å². The van der Waals surface area contributed by atoms with Crippen molar-refractivity contribution in [2.75, 3.05) is 13.7 Å². The highest BCUT2D eigenvalue weighted by atomic mass is 16.5. The molecule has 0 aliphatic heterocycles. The number of hydrogen-bond acceptors (Lipinski definition) is 5. The van der Waals surface area contributed by atoms with Gasteiger partial charge in [0.25, 0.3) is 5.91 Å². The quantitative estimate of drug-likeness (QED) is 0.574. The largest absolute Gasteiger partial charge is 0.497 e. The van der Waals surface area contributed by atoms with Crippen molar-refractivity contribution in [2.24, 2.45) is 0 Å². The number of carboxylic acid groups (broad SMARTS) is 1. The first kappa shape index (κ1) is 20.4. The summed E-state index contributed by atoms with van der Waals surface area (Å²) in [6.07, 6.45) is 0.908. The lowest BCUT2D eigenvalue weighted by Gasteiger charge is -2.14. The number of aliphatic carboxylic acids is 1. The molecule has 0 spiro atoms. The number of aryl methyl sites for hydroxylation is 1. The zero-order valence-electron chi connectivity index (χ0n) is 16.3. The van der Waals surface area contributed by atoms with Gasteiger partial charge in [0.15, 0.2) is 11.8 Å². The number of carboxylic acids is 1. The Labute approximate surface area is 168 Å². The van der Waals surface area contributed by atoms with Crippen molar-refractivity contribution in [1.82, 2.24) is 5.32 Å². The van der Waals surface area contributed by atoms with Crippen LogP contribution in [0.1, 0.15) is 28.6 Å². The number of methoxy groups -OCH3 is 1. The zero-order valence-corrected chi connectivity index (χ0v) is 16.3. The summed E-state index contributed by atoms with van der Waals surface area (Å²) in [7, 11) is 1.55. The summed E-state index contributed by atoms with van der Waals surface area (Å²) in [5, 5.41) is 12.5. The number of benzene rings is 2. The van der Waals surface area contributed by atoms with E-state index in [1.807, 2.05) is 24.3 Å². The molecule has 3 aromatic rings. The smallest absolute Gasteiger partial charge is 0.328 e. The Morgan fingerprint density at radius 3 is 2.66 bits per heavy atom. The van der Waals surface area contributed by atoms with Crippen LogP contribution in [0.25, 0.3) is 11.0 Å². The molecule has 2 aromatic carbocycles. The molecule has 1 atom stereocenters. The van der Waals surface area contributed by atoms with E-state index in [1.165, 1.54) is 5.56 Å². The SMILES string of the molecule is CCc1cccc(COCC(NC(=O)c2cc3cc(OC)ccc3o2)C(=O)O)c1. The summed E-state index contributed by atoms with van der Waals surface area (Å²) in [5.74, 6) is -1.15. The topological polar surface area (TPSA) is 98.0 Å². The Morgan fingerprint density at radius 1 is 1.14 bits per heavy atom. The van der Waals surface area contributed by atoms with E-state index in [0.717, 1.165) is 12.0 Å². The summed E-state index contributed by atoms with van der Waals surface area (Å²) in [5.41, 5.74) is 2.64. The van der Waals surface area contributed by atoms with E-state index in [-0.39, 0.29) is 19.0 Å². The summed E-state index contributed by atoms with van der Waals surface area (Å²) in [6, 6.07) is 13.4. The molecular weight excluding hydrogens is 374 g/mol. The standard InChI is InChI=1S/C22H23NO6/c1-3-14-5-4-6-15(9-14)12-28-13-18(22(25)26)23-21(24)20-11-16-10-17(27-2)7-8-19(16)29-20/h4-11,18H,3,12-13H2,1-2H3,(H,23,24)(H,25,26). The molecule has 2 N–H and O–H groups in total. The van der Waals surface area contributed by atoms with Crippen LogP contribution in [0.4, 0.5) is 0 Å². The lowest BCUT2D eigenvalue weighted by atomic mass is 10.1. The average Bonchev–Trinajstić information content (AvgIpc) is 3.16. The lowest BCUT2D eigenvalue weighted by molar-refractivity contribution is -0.141. The van der Waals surface area contributed by atoms with Crippen molar-refractivity contribution >= 4 is 22.8 Å². The van der Waals surface area contributed by atoms with Gasteiger partial charge in [-0.1, -0.05) is 31.2 Å². The van der Waals surface area contributed by atoms with Crippen molar-refractivity contribution in [3.05, 3.63) is 65.4 Å². The van der Waals surface area contributed by atoms with Crippen LogP contribution in [0.15, 0.2) is 52.9 Å². The molecule has 0 saturated heterocycles. The second kappa shape index (κ2) is 9.25. The molecular formula is C22H23NO6. The van der Waals surface area contributed by atoms with Gasteiger partial charge >= 0.3 is 5.97 Å². The molecule has 0 aliphatic carbocycles. The van der Waals surface area contributed by atoms with Crippen LogP contribution in [0.3, 0.4) is 0 Å². The van der Waals surface area contributed by atoms with Gasteiger partial charge in [0, 0.05) is 5.39 Å². The Morgan fingerprint density at radius 2 is 1.93 bits per heavy atom. The number of carbonyl (C=O) groups is 2. The lowest BCUT2D eigenvalue weighted by Crippen LogP contribution is -2.43. The molecule has 1 heterocycles. The Hall–Kier alpha value is -3.32. The molecule has 0 saturated carbocycles. The molecule has 0 aliphatic rings. The van der Waals surface area contributed by atoms with E-state index >= 15 is 0 Å². The third-order valence-electron chi connectivity index (χ3n) is 4.50. The number of rotatable bonds is 9. The highest BCUT2D eigenvalue weighted by molar-refractivity contribution is 5.98. The minimum absolute atomic E-state index is 0.0233. The third kappa shape index (κ3) is 5.14. The van der Waals surface area contributed by atoms with Crippen LogP contribution >= 0.6 is 0 Å². The average molecular weight is 397 g/mol. The Bertz CT molecular complexity index is 1010. The van der Waals surface area contributed by atoms with E-state index in [0.29, 0.717) is 16.7 Å². The number of furan rings is 1. The number of fused-ring (bicyclic) bond motifs is 1. The minimum Gasteiger partial charge on any atom is -0.497 e.